The van der Waals surface area contributed by atoms with Crippen LogP contribution in [0, 0.1) is 11.6 Å². The Morgan fingerprint density at radius 2 is 2.00 bits per heavy atom. The third-order valence-corrected chi connectivity index (χ3v) is 4.64. The van der Waals surface area contributed by atoms with E-state index in [9.17, 15) is 13.6 Å². The van der Waals surface area contributed by atoms with Gasteiger partial charge in [0.25, 0.3) is 5.95 Å². The Kier molecular flexibility index (Phi) is 6.80. The molecule has 1 aromatic heterocycles. The zero-order valence-electron chi connectivity index (χ0n) is 15.7. The lowest BCUT2D eigenvalue weighted by Crippen LogP contribution is -2.18. The van der Waals surface area contributed by atoms with Crippen LogP contribution in [0.2, 0.25) is 0 Å². The first-order valence-corrected chi connectivity index (χ1v) is 9.46. The van der Waals surface area contributed by atoms with E-state index in [0.29, 0.717) is 5.75 Å². The fourth-order valence-corrected chi connectivity index (χ4v) is 2.92. The summed E-state index contributed by atoms with van der Waals surface area (Å²) < 4.78 is 33.4. The minimum atomic E-state index is -0.865. The van der Waals surface area contributed by atoms with Gasteiger partial charge in [0.15, 0.2) is 0 Å². The predicted octanol–water partition coefficient (Wildman–Crippen LogP) is 2.46. The molecular weight excluding hydrogens is 416 g/mol. The number of nitrogens with two attached hydrogens (primary N) is 1. The van der Waals surface area contributed by atoms with Gasteiger partial charge in [0.05, 0.1) is 19.1 Å². The Morgan fingerprint density at radius 3 is 2.73 bits per heavy atom. The minimum absolute atomic E-state index is 0.136. The molecule has 0 saturated heterocycles. The molecule has 156 valence electrons. The molecule has 0 saturated carbocycles. The number of hydrogen-bond donors (Lipinski definition) is 3. The number of para-hydroxylation sites is 1. The fourth-order valence-electron chi connectivity index (χ4n) is 2.26. The number of amides is 1. The summed E-state index contributed by atoms with van der Waals surface area (Å²) in [6, 6.07) is 10.5. The van der Waals surface area contributed by atoms with Crippen molar-refractivity contribution in [2.45, 2.75) is 5.16 Å². The van der Waals surface area contributed by atoms with Crippen LogP contribution in [0.15, 0.2) is 52.7 Å². The predicted molar refractivity (Wildman–Crippen MR) is 110 cm³/mol. The highest BCUT2D eigenvalue weighted by Crippen LogP contribution is 2.20. The number of benzene rings is 2. The number of nitrogen functional groups attached to an aromatic ring is 1. The summed E-state index contributed by atoms with van der Waals surface area (Å²) in [6.45, 7) is 0. The number of ether oxygens (including phenoxy) is 1. The molecule has 0 bridgehead atoms. The molecule has 1 amide bonds. The molecule has 0 atom stereocenters. The van der Waals surface area contributed by atoms with Gasteiger partial charge in [-0.1, -0.05) is 30.0 Å². The summed E-state index contributed by atoms with van der Waals surface area (Å²) in [4.78, 5) is 12.0. The SMILES string of the molecule is COc1cccc(/C=N/Nc2nnc(SCC(=O)Nc3c(F)cccc3F)n2N)c1. The van der Waals surface area contributed by atoms with Gasteiger partial charge in [0, 0.05) is 0 Å². The third-order valence-electron chi connectivity index (χ3n) is 3.70. The first kappa shape index (κ1) is 21.0. The van der Waals surface area contributed by atoms with Crippen molar-refractivity contribution in [2.24, 2.45) is 5.10 Å². The molecule has 3 aromatic rings. The van der Waals surface area contributed by atoms with Crippen molar-refractivity contribution in [3.63, 3.8) is 0 Å². The molecule has 3 rings (SSSR count). The number of thioether (sulfide) groups is 1. The Balaban J connectivity index is 1.56. The summed E-state index contributed by atoms with van der Waals surface area (Å²) in [5.74, 6) is 4.16. The highest BCUT2D eigenvalue weighted by molar-refractivity contribution is 7.99. The van der Waals surface area contributed by atoms with Crippen molar-refractivity contribution in [3.8, 4) is 5.75 Å². The molecule has 9 nitrogen and oxygen atoms in total. The number of aromatic nitrogens is 3. The maximum Gasteiger partial charge on any atom is 0.264 e. The number of rotatable bonds is 8. The molecule has 1 heterocycles. The topological polar surface area (TPSA) is 119 Å². The molecular formula is C18H17F2N7O2S. The normalized spacial score (nSPS) is 10.9. The largest absolute Gasteiger partial charge is 0.497 e. The smallest absolute Gasteiger partial charge is 0.264 e. The lowest BCUT2D eigenvalue weighted by Gasteiger charge is -2.07. The van der Waals surface area contributed by atoms with Gasteiger partial charge in [-0.2, -0.15) is 5.10 Å². The van der Waals surface area contributed by atoms with Gasteiger partial charge < -0.3 is 15.9 Å². The van der Waals surface area contributed by atoms with E-state index in [4.69, 9.17) is 10.6 Å². The van der Waals surface area contributed by atoms with Crippen molar-refractivity contribution < 1.29 is 18.3 Å². The number of hydrazone groups is 1. The summed E-state index contributed by atoms with van der Waals surface area (Å²) in [6.07, 6.45) is 1.54. The van der Waals surface area contributed by atoms with Crippen LogP contribution in [0.5, 0.6) is 5.75 Å². The maximum absolute atomic E-state index is 13.6. The zero-order chi connectivity index (χ0) is 21.5. The van der Waals surface area contributed by atoms with E-state index < -0.39 is 23.2 Å². The first-order chi connectivity index (χ1) is 14.5. The lowest BCUT2D eigenvalue weighted by molar-refractivity contribution is -0.113. The lowest BCUT2D eigenvalue weighted by atomic mass is 10.2. The molecule has 4 N–H and O–H groups in total. The van der Waals surface area contributed by atoms with Crippen LogP contribution in [0.3, 0.4) is 0 Å². The number of nitrogens with zero attached hydrogens (tertiary/aromatic N) is 4. The average Bonchev–Trinajstić information content (AvgIpc) is 3.09. The van der Waals surface area contributed by atoms with E-state index in [1.54, 1.807) is 19.4 Å². The number of carbonyl (C=O) groups is 1. The number of halogens is 2. The fraction of sp³-hybridized carbons (Fsp3) is 0.111. The van der Waals surface area contributed by atoms with Gasteiger partial charge in [0.1, 0.15) is 23.1 Å². The van der Waals surface area contributed by atoms with Gasteiger partial charge >= 0.3 is 0 Å². The van der Waals surface area contributed by atoms with Crippen molar-refractivity contribution in [2.75, 3.05) is 29.4 Å². The van der Waals surface area contributed by atoms with Crippen LogP contribution >= 0.6 is 11.8 Å². The van der Waals surface area contributed by atoms with E-state index in [1.807, 2.05) is 18.2 Å². The second kappa shape index (κ2) is 9.69. The minimum Gasteiger partial charge on any atom is -0.497 e. The standard InChI is InChI=1S/C18H17F2N7O2S/c1-29-12-5-2-4-11(8-12)9-22-24-17-25-26-18(27(17)21)30-10-15(28)23-16-13(19)6-3-7-14(16)20/h2-9H,10,21H2,1H3,(H,23,28)(H,24,25)/b22-9+. The molecule has 0 fully saturated rings. The molecule has 2 aromatic carbocycles. The van der Waals surface area contributed by atoms with Crippen molar-refractivity contribution in [3.05, 3.63) is 59.7 Å². The Bertz CT molecular complexity index is 1050. The Labute approximate surface area is 174 Å². The zero-order valence-corrected chi connectivity index (χ0v) is 16.5. The van der Waals surface area contributed by atoms with Crippen molar-refractivity contribution >= 4 is 35.5 Å². The van der Waals surface area contributed by atoms with Crippen LogP contribution in [0.1, 0.15) is 5.56 Å². The summed E-state index contributed by atoms with van der Waals surface area (Å²) >= 11 is 0.941. The van der Waals surface area contributed by atoms with E-state index in [0.717, 1.165) is 34.1 Å². The number of nitrogens with one attached hydrogen (secondary N) is 2. The monoisotopic (exact) mass is 433 g/mol. The molecule has 0 spiro atoms. The first-order valence-electron chi connectivity index (χ1n) is 8.48. The Morgan fingerprint density at radius 1 is 1.27 bits per heavy atom. The van der Waals surface area contributed by atoms with E-state index in [1.165, 1.54) is 6.07 Å². The van der Waals surface area contributed by atoms with Crippen LogP contribution < -0.4 is 21.3 Å². The van der Waals surface area contributed by atoms with Crippen LogP contribution in [0.25, 0.3) is 0 Å². The summed E-state index contributed by atoms with van der Waals surface area (Å²) in [7, 11) is 1.57. The maximum atomic E-state index is 13.6. The van der Waals surface area contributed by atoms with Gasteiger partial charge in [-0.25, -0.2) is 18.9 Å². The van der Waals surface area contributed by atoms with E-state index in [2.05, 4.69) is 26.0 Å². The number of anilines is 2. The summed E-state index contributed by atoms with van der Waals surface area (Å²) in [5.41, 5.74) is 2.92. The summed E-state index contributed by atoms with van der Waals surface area (Å²) in [5, 5.41) is 14.1. The quantitative estimate of drug-likeness (QED) is 0.216. The second-order valence-corrected chi connectivity index (χ2v) is 6.70. The van der Waals surface area contributed by atoms with Crippen molar-refractivity contribution in [1.29, 1.82) is 0 Å². The molecule has 0 unspecified atom stereocenters. The van der Waals surface area contributed by atoms with Crippen LogP contribution in [0.4, 0.5) is 20.4 Å². The highest BCUT2D eigenvalue weighted by atomic mass is 32.2. The molecule has 30 heavy (non-hydrogen) atoms. The van der Waals surface area contributed by atoms with Crippen LogP contribution in [-0.4, -0.2) is 39.9 Å². The van der Waals surface area contributed by atoms with E-state index in [-0.39, 0.29) is 16.9 Å². The number of methoxy groups -OCH3 is 1. The van der Waals surface area contributed by atoms with Gasteiger partial charge in [-0.05, 0) is 29.8 Å². The molecule has 0 aliphatic carbocycles. The third kappa shape index (κ3) is 5.23. The highest BCUT2D eigenvalue weighted by Gasteiger charge is 2.15. The van der Waals surface area contributed by atoms with Crippen LogP contribution in [-0.2, 0) is 4.79 Å². The molecule has 0 radical (unpaired) electrons. The van der Waals surface area contributed by atoms with Gasteiger partial charge in [-0.15, -0.1) is 10.2 Å². The molecule has 0 aliphatic heterocycles. The number of hydrogen-bond acceptors (Lipinski definition) is 8. The Hall–Kier alpha value is -3.67. The molecule has 12 heteroatoms. The van der Waals surface area contributed by atoms with Gasteiger partial charge in [-0.3, -0.25) is 4.79 Å². The van der Waals surface area contributed by atoms with Crippen molar-refractivity contribution in [1.82, 2.24) is 14.9 Å². The second-order valence-electron chi connectivity index (χ2n) is 5.76. The number of carbonyl (C=O) groups excluding carboxylic acids is 1. The van der Waals surface area contributed by atoms with Gasteiger partial charge in [0.2, 0.25) is 11.1 Å². The average molecular weight is 433 g/mol. The molecule has 0 aliphatic rings. The van der Waals surface area contributed by atoms with E-state index >= 15 is 0 Å².